The molecule has 1 atom stereocenters. The summed E-state index contributed by atoms with van der Waals surface area (Å²) in [6.45, 7) is 3.60. The van der Waals surface area contributed by atoms with Gasteiger partial charge in [0.1, 0.15) is 22.8 Å². The fourth-order valence-corrected chi connectivity index (χ4v) is 5.79. The predicted octanol–water partition coefficient (Wildman–Crippen LogP) is 6.12. The van der Waals surface area contributed by atoms with E-state index in [9.17, 15) is 4.79 Å². The molecule has 1 aliphatic heterocycles. The van der Waals surface area contributed by atoms with Crippen molar-refractivity contribution in [3.05, 3.63) is 69.9 Å². The number of carbonyl (C=O) groups is 1. The Bertz CT molecular complexity index is 1440. The second-order valence-electron chi connectivity index (χ2n) is 9.29. The highest BCUT2D eigenvalue weighted by molar-refractivity contribution is 7.13. The van der Waals surface area contributed by atoms with Gasteiger partial charge in [0.2, 0.25) is 0 Å². The number of rotatable bonds is 9. The fraction of sp³-hybridized carbons (Fsp3) is 0.333. The van der Waals surface area contributed by atoms with Crippen LogP contribution in [0.15, 0.2) is 54.6 Å². The van der Waals surface area contributed by atoms with Crippen molar-refractivity contribution in [2.75, 3.05) is 34.5 Å². The molecule has 1 amide bonds. The first-order valence-corrected chi connectivity index (χ1v) is 13.5. The molecule has 7 nitrogen and oxygen atoms in total. The van der Waals surface area contributed by atoms with E-state index >= 15 is 0 Å². The molecule has 0 bridgehead atoms. The normalized spacial score (nSPS) is 15.0. The molecule has 5 rings (SSSR count). The molecule has 8 heteroatoms. The minimum Gasteiger partial charge on any atom is -0.496 e. The van der Waals surface area contributed by atoms with Gasteiger partial charge in [-0.3, -0.25) is 4.79 Å². The first-order chi connectivity index (χ1) is 18.5. The Morgan fingerprint density at radius 3 is 2.47 bits per heavy atom. The number of carbonyl (C=O) groups excluding carboxylic acids is 1. The molecule has 0 unspecified atom stereocenters. The molecule has 1 aliphatic rings. The van der Waals surface area contributed by atoms with Gasteiger partial charge >= 0.3 is 0 Å². The molecule has 0 N–H and O–H groups in total. The highest BCUT2D eigenvalue weighted by Gasteiger charge is 2.27. The molecule has 4 aromatic rings. The van der Waals surface area contributed by atoms with E-state index in [0.717, 1.165) is 46.5 Å². The summed E-state index contributed by atoms with van der Waals surface area (Å²) < 4.78 is 23.0. The Balaban J connectivity index is 1.67. The minimum absolute atomic E-state index is 0.0118. The molecule has 1 fully saturated rings. The van der Waals surface area contributed by atoms with Gasteiger partial charge < -0.3 is 23.8 Å². The van der Waals surface area contributed by atoms with E-state index in [2.05, 4.69) is 6.07 Å². The molecule has 3 heterocycles. The van der Waals surface area contributed by atoms with Gasteiger partial charge in [-0.25, -0.2) is 4.98 Å². The second kappa shape index (κ2) is 11.4. The van der Waals surface area contributed by atoms with Gasteiger partial charge in [-0.1, -0.05) is 12.1 Å². The van der Waals surface area contributed by atoms with Crippen molar-refractivity contribution in [2.45, 2.75) is 32.4 Å². The van der Waals surface area contributed by atoms with Crippen LogP contribution in [-0.2, 0) is 11.3 Å². The van der Waals surface area contributed by atoms with Gasteiger partial charge in [0.25, 0.3) is 5.91 Å². The van der Waals surface area contributed by atoms with Crippen LogP contribution in [0.4, 0.5) is 0 Å². The summed E-state index contributed by atoms with van der Waals surface area (Å²) in [5.74, 6) is 2.02. The van der Waals surface area contributed by atoms with E-state index < -0.39 is 0 Å². The molecule has 198 valence electrons. The standard InChI is InChI=1S/C30H32N2O5S/c1-19-11-14-27(38-19)30(33)32(18-21-8-7-15-37-21)17-20-16-23-25(35-3)12-13-26(36-4)29(23)31-28(20)22-9-5-6-10-24(22)34-2/h5-6,9-14,16,21H,7-8,15,17-18H2,1-4H3/t21-/m1/s1. The smallest absolute Gasteiger partial charge is 0.264 e. The summed E-state index contributed by atoms with van der Waals surface area (Å²) in [6, 6.07) is 17.5. The number of nitrogens with zero attached hydrogens (tertiary/aromatic N) is 2. The van der Waals surface area contributed by atoms with Gasteiger partial charge in [-0.05, 0) is 67.8 Å². The Hall–Kier alpha value is -3.62. The van der Waals surface area contributed by atoms with E-state index in [1.165, 1.54) is 11.3 Å². The van der Waals surface area contributed by atoms with Crippen LogP contribution in [0.5, 0.6) is 17.2 Å². The molecular weight excluding hydrogens is 500 g/mol. The van der Waals surface area contributed by atoms with E-state index in [0.29, 0.717) is 40.7 Å². The fourth-order valence-electron chi connectivity index (χ4n) is 4.95. The van der Waals surface area contributed by atoms with Gasteiger partial charge in [0.15, 0.2) is 0 Å². The lowest BCUT2D eigenvalue weighted by atomic mass is 10.0. The van der Waals surface area contributed by atoms with Crippen molar-refractivity contribution < 1.29 is 23.7 Å². The molecule has 2 aromatic heterocycles. The zero-order chi connectivity index (χ0) is 26.6. The maximum Gasteiger partial charge on any atom is 0.264 e. The van der Waals surface area contributed by atoms with Crippen LogP contribution in [0, 0.1) is 6.92 Å². The van der Waals surface area contributed by atoms with Gasteiger partial charge in [-0.2, -0.15) is 0 Å². The summed E-state index contributed by atoms with van der Waals surface area (Å²) in [4.78, 5) is 22.6. The lowest BCUT2D eigenvalue weighted by molar-refractivity contribution is 0.0511. The molecule has 38 heavy (non-hydrogen) atoms. The van der Waals surface area contributed by atoms with Crippen LogP contribution in [0.1, 0.15) is 33.0 Å². The Morgan fingerprint density at radius 1 is 1.03 bits per heavy atom. The number of ether oxygens (including phenoxy) is 4. The summed E-state index contributed by atoms with van der Waals surface area (Å²) in [5.41, 5.74) is 3.14. The quantitative estimate of drug-likeness (QED) is 0.259. The molecular formula is C30H32N2O5S. The lowest BCUT2D eigenvalue weighted by Crippen LogP contribution is -2.36. The van der Waals surface area contributed by atoms with E-state index in [4.69, 9.17) is 23.9 Å². The third-order valence-electron chi connectivity index (χ3n) is 6.84. The van der Waals surface area contributed by atoms with Gasteiger partial charge in [-0.15, -0.1) is 11.3 Å². The number of aryl methyl sites for hydroxylation is 1. The molecule has 1 saturated heterocycles. The largest absolute Gasteiger partial charge is 0.496 e. The summed E-state index contributed by atoms with van der Waals surface area (Å²) in [7, 11) is 4.92. The van der Waals surface area contributed by atoms with Crippen LogP contribution < -0.4 is 14.2 Å². The first-order valence-electron chi connectivity index (χ1n) is 12.7. The van der Waals surface area contributed by atoms with Crippen molar-refractivity contribution >= 4 is 28.1 Å². The van der Waals surface area contributed by atoms with Crippen molar-refractivity contribution in [1.29, 1.82) is 0 Å². The number of hydrogen-bond acceptors (Lipinski definition) is 7. The number of para-hydroxylation sites is 1. The van der Waals surface area contributed by atoms with E-state index in [1.54, 1.807) is 21.3 Å². The summed E-state index contributed by atoms with van der Waals surface area (Å²) in [6.07, 6.45) is 1.96. The maximum atomic E-state index is 13.8. The van der Waals surface area contributed by atoms with Crippen LogP contribution >= 0.6 is 11.3 Å². The number of aromatic nitrogens is 1. The summed E-state index contributed by atoms with van der Waals surface area (Å²) >= 11 is 1.51. The van der Waals surface area contributed by atoms with Crippen molar-refractivity contribution in [3.63, 3.8) is 0 Å². The predicted molar refractivity (Wildman–Crippen MR) is 150 cm³/mol. The molecule has 2 aromatic carbocycles. The number of thiophene rings is 1. The Morgan fingerprint density at radius 2 is 1.79 bits per heavy atom. The van der Waals surface area contributed by atoms with E-state index in [-0.39, 0.29) is 12.0 Å². The topological polar surface area (TPSA) is 70.1 Å². The maximum absolute atomic E-state index is 13.8. The van der Waals surface area contributed by atoms with Crippen LogP contribution in [0.3, 0.4) is 0 Å². The molecule has 0 saturated carbocycles. The van der Waals surface area contributed by atoms with Gasteiger partial charge in [0, 0.05) is 35.5 Å². The summed E-state index contributed by atoms with van der Waals surface area (Å²) in [5, 5.41) is 0.817. The third-order valence-corrected chi connectivity index (χ3v) is 7.82. The second-order valence-corrected chi connectivity index (χ2v) is 10.6. The number of pyridine rings is 1. The zero-order valence-electron chi connectivity index (χ0n) is 22.2. The highest BCUT2D eigenvalue weighted by Crippen LogP contribution is 2.39. The number of benzene rings is 2. The highest BCUT2D eigenvalue weighted by atomic mass is 32.1. The lowest BCUT2D eigenvalue weighted by Gasteiger charge is -2.26. The zero-order valence-corrected chi connectivity index (χ0v) is 23.0. The van der Waals surface area contributed by atoms with Crippen molar-refractivity contribution in [3.8, 4) is 28.5 Å². The van der Waals surface area contributed by atoms with Crippen molar-refractivity contribution in [1.82, 2.24) is 9.88 Å². The molecule has 0 radical (unpaired) electrons. The van der Waals surface area contributed by atoms with Crippen LogP contribution in [-0.4, -0.2) is 56.4 Å². The Labute approximate surface area is 226 Å². The van der Waals surface area contributed by atoms with Crippen LogP contribution in [0.25, 0.3) is 22.2 Å². The third kappa shape index (κ3) is 5.19. The average molecular weight is 533 g/mol. The average Bonchev–Trinajstić information content (AvgIpc) is 3.63. The molecule has 0 spiro atoms. The Kier molecular flexibility index (Phi) is 7.81. The molecule has 0 aliphatic carbocycles. The van der Waals surface area contributed by atoms with Crippen LogP contribution in [0.2, 0.25) is 0 Å². The number of hydrogen-bond donors (Lipinski definition) is 0. The number of amides is 1. The number of fused-ring (bicyclic) bond motifs is 1. The van der Waals surface area contributed by atoms with Gasteiger partial charge in [0.05, 0.1) is 38.0 Å². The number of methoxy groups -OCH3 is 3. The minimum atomic E-state index is -0.0118. The van der Waals surface area contributed by atoms with Crippen molar-refractivity contribution in [2.24, 2.45) is 0 Å². The SMILES string of the molecule is COc1ccccc1-c1nc2c(OC)ccc(OC)c2cc1CN(C[C@H]1CCCO1)C(=O)c1ccc(C)s1. The van der Waals surface area contributed by atoms with E-state index in [1.807, 2.05) is 60.4 Å². The first kappa shape index (κ1) is 26.0. The monoisotopic (exact) mass is 532 g/mol.